The van der Waals surface area contributed by atoms with Crippen LogP contribution < -0.4 is 11.5 Å². The van der Waals surface area contributed by atoms with Crippen LogP contribution in [0.1, 0.15) is 15.9 Å². The van der Waals surface area contributed by atoms with Crippen molar-refractivity contribution >= 4 is 11.7 Å². The molecule has 0 atom stereocenters. The van der Waals surface area contributed by atoms with Crippen LogP contribution in [0.2, 0.25) is 0 Å². The Morgan fingerprint density at radius 2 is 1.82 bits per heavy atom. The van der Waals surface area contributed by atoms with E-state index in [2.05, 4.69) is 15.3 Å². The highest BCUT2D eigenvalue weighted by atomic mass is 16.1. The van der Waals surface area contributed by atoms with Crippen molar-refractivity contribution in [1.29, 1.82) is 0 Å². The van der Waals surface area contributed by atoms with E-state index in [1.165, 1.54) is 16.4 Å². The molecule has 7 heteroatoms. The molecule has 0 unspecified atom stereocenters. The molecule has 0 aliphatic carbocycles. The Kier molecular flexibility index (Phi) is 3.30. The molecule has 0 radical (unpaired) electrons. The molecule has 4 N–H and O–H groups in total. The molecule has 0 bridgehead atoms. The van der Waals surface area contributed by atoms with Gasteiger partial charge in [-0.05, 0) is 19.1 Å². The van der Waals surface area contributed by atoms with Crippen molar-refractivity contribution in [3.05, 3.63) is 53.7 Å². The summed E-state index contributed by atoms with van der Waals surface area (Å²) in [5.41, 5.74) is 14.1. The highest BCUT2D eigenvalue weighted by Crippen LogP contribution is 2.19. The lowest BCUT2D eigenvalue weighted by Crippen LogP contribution is -2.13. The lowest BCUT2D eigenvalue weighted by molar-refractivity contribution is 0.100. The van der Waals surface area contributed by atoms with E-state index in [-0.39, 0.29) is 11.4 Å². The Labute approximate surface area is 126 Å². The highest BCUT2D eigenvalue weighted by Gasteiger charge is 2.14. The van der Waals surface area contributed by atoms with Crippen LogP contribution in [0.25, 0.3) is 17.1 Å². The van der Waals surface area contributed by atoms with E-state index < -0.39 is 5.91 Å². The molecule has 3 aromatic rings. The molecular weight excluding hydrogens is 280 g/mol. The zero-order valence-electron chi connectivity index (χ0n) is 11.9. The van der Waals surface area contributed by atoms with Gasteiger partial charge in [0.05, 0.1) is 11.9 Å². The molecule has 0 aliphatic heterocycles. The summed E-state index contributed by atoms with van der Waals surface area (Å²) in [5, 5.41) is 12.3. The van der Waals surface area contributed by atoms with Gasteiger partial charge < -0.3 is 11.5 Å². The summed E-state index contributed by atoms with van der Waals surface area (Å²) < 4.78 is 1.33. The van der Waals surface area contributed by atoms with Crippen LogP contribution in [-0.4, -0.2) is 25.9 Å². The van der Waals surface area contributed by atoms with E-state index in [1.807, 2.05) is 37.3 Å². The molecule has 110 valence electrons. The fraction of sp³-hybridized carbons (Fsp3) is 0.0667. The third-order valence-electron chi connectivity index (χ3n) is 3.29. The van der Waals surface area contributed by atoms with Crippen molar-refractivity contribution in [2.75, 3.05) is 5.73 Å². The van der Waals surface area contributed by atoms with Gasteiger partial charge in [0, 0.05) is 5.56 Å². The number of anilines is 1. The smallest absolute Gasteiger partial charge is 0.254 e. The maximum Gasteiger partial charge on any atom is 0.254 e. The minimum atomic E-state index is -0.631. The zero-order valence-corrected chi connectivity index (χ0v) is 11.9. The van der Waals surface area contributed by atoms with Crippen LogP contribution in [-0.2, 0) is 0 Å². The van der Waals surface area contributed by atoms with Gasteiger partial charge in [-0.2, -0.15) is 9.78 Å². The Hall–Kier alpha value is -3.22. The quantitative estimate of drug-likeness (QED) is 0.756. The average Bonchev–Trinajstić information content (AvgIpc) is 2.90. The minimum Gasteiger partial charge on any atom is -0.383 e. The molecule has 22 heavy (non-hydrogen) atoms. The molecule has 0 saturated heterocycles. The Morgan fingerprint density at radius 1 is 1.09 bits per heavy atom. The number of nitrogen functional groups attached to an aromatic ring is 1. The standard InChI is InChI=1S/C15H14N6O/c1-9-2-4-10(5-3-9)12-6-7-13(20-19-12)21-14(16)11(8-18-21)15(17)22/h2-8H,16H2,1H3,(H2,17,22). The van der Waals surface area contributed by atoms with Gasteiger partial charge in [0.25, 0.3) is 5.91 Å². The molecule has 0 aliphatic rings. The average molecular weight is 294 g/mol. The third-order valence-corrected chi connectivity index (χ3v) is 3.29. The summed E-state index contributed by atoms with van der Waals surface area (Å²) in [6, 6.07) is 11.5. The highest BCUT2D eigenvalue weighted by molar-refractivity contribution is 5.97. The van der Waals surface area contributed by atoms with Gasteiger partial charge in [0.1, 0.15) is 11.4 Å². The second kappa shape index (κ2) is 5.28. The first-order valence-corrected chi connectivity index (χ1v) is 6.60. The molecule has 7 nitrogen and oxygen atoms in total. The number of amides is 1. The number of carbonyl (C=O) groups excluding carboxylic acids is 1. The fourth-order valence-corrected chi connectivity index (χ4v) is 2.05. The van der Waals surface area contributed by atoms with Crippen molar-refractivity contribution in [2.45, 2.75) is 6.92 Å². The summed E-state index contributed by atoms with van der Waals surface area (Å²) in [4.78, 5) is 11.2. The van der Waals surface area contributed by atoms with Gasteiger partial charge in [-0.1, -0.05) is 29.8 Å². The van der Waals surface area contributed by atoms with Crippen LogP contribution in [0.15, 0.2) is 42.6 Å². The molecule has 3 rings (SSSR count). The topological polar surface area (TPSA) is 113 Å². The normalized spacial score (nSPS) is 10.6. The lowest BCUT2D eigenvalue weighted by atomic mass is 10.1. The monoisotopic (exact) mass is 294 g/mol. The molecule has 1 aromatic carbocycles. The maximum atomic E-state index is 11.2. The van der Waals surface area contributed by atoms with Crippen molar-refractivity contribution in [2.24, 2.45) is 5.73 Å². The van der Waals surface area contributed by atoms with Gasteiger partial charge in [0.2, 0.25) is 0 Å². The number of aryl methyl sites for hydroxylation is 1. The van der Waals surface area contributed by atoms with E-state index in [0.717, 1.165) is 11.3 Å². The molecule has 2 heterocycles. The van der Waals surface area contributed by atoms with Gasteiger partial charge >= 0.3 is 0 Å². The van der Waals surface area contributed by atoms with E-state index in [9.17, 15) is 4.79 Å². The van der Waals surface area contributed by atoms with Crippen LogP contribution in [0.3, 0.4) is 0 Å². The Balaban J connectivity index is 1.94. The largest absolute Gasteiger partial charge is 0.383 e. The van der Waals surface area contributed by atoms with Crippen molar-refractivity contribution in [1.82, 2.24) is 20.0 Å². The SMILES string of the molecule is Cc1ccc(-c2ccc(-n3ncc(C(N)=O)c3N)nn2)cc1. The first-order chi connectivity index (χ1) is 10.6. The van der Waals surface area contributed by atoms with Crippen LogP contribution in [0.4, 0.5) is 5.82 Å². The second-order valence-electron chi connectivity index (χ2n) is 4.86. The number of carbonyl (C=O) groups is 1. The second-order valence-corrected chi connectivity index (χ2v) is 4.86. The van der Waals surface area contributed by atoms with Gasteiger partial charge in [-0.25, -0.2) is 0 Å². The summed E-state index contributed by atoms with van der Waals surface area (Å²) >= 11 is 0. The number of hydrogen-bond acceptors (Lipinski definition) is 5. The van der Waals surface area contributed by atoms with E-state index in [4.69, 9.17) is 11.5 Å². The number of hydrogen-bond donors (Lipinski definition) is 2. The molecule has 2 aromatic heterocycles. The molecular formula is C15H14N6O. The number of nitrogens with zero attached hydrogens (tertiary/aromatic N) is 4. The third kappa shape index (κ3) is 2.39. The number of rotatable bonds is 3. The molecule has 0 spiro atoms. The van der Waals surface area contributed by atoms with E-state index >= 15 is 0 Å². The lowest BCUT2D eigenvalue weighted by Gasteiger charge is -2.04. The summed E-state index contributed by atoms with van der Waals surface area (Å²) in [5.74, 6) is -0.0706. The van der Waals surface area contributed by atoms with E-state index in [0.29, 0.717) is 5.82 Å². The molecule has 0 fully saturated rings. The number of nitrogens with two attached hydrogens (primary N) is 2. The predicted octanol–water partition coefficient (Wildman–Crippen LogP) is 1.32. The summed E-state index contributed by atoms with van der Waals surface area (Å²) in [6.07, 6.45) is 1.31. The first-order valence-electron chi connectivity index (χ1n) is 6.60. The van der Waals surface area contributed by atoms with Crippen LogP contribution in [0, 0.1) is 6.92 Å². The van der Waals surface area contributed by atoms with Crippen LogP contribution in [0.5, 0.6) is 0 Å². The Bertz CT molecular complexity index is 820. The number of benzene rings is 1. The van der Waals surface area contributed by atoms with E-state index in [1.54, 1.807) is 6.07 Å². The van der Waals surface area contributed by atoms with Gasteiger partial charge in [-0.15, -0.1) is 10.2 Å². The predicted molar refractivity (Wildman–Crippen MR) is 82.3 cm³/mol. The zero-order chi connectivity index (χ0) is 15.7. The van der Waals surface area contributed by atoms with Gasteiger partial charge in [0.15, 0.2) is 5.82 Å². The maximum absolute atomic E-state index is 11.2. The number of primary amides is 1. The van der Waals surface area contributed by atoms with Crippen molar-refractivity contribution in [3.8, 4) is 17.1 Å². The first kappa shape index (κ1) is 13.7. The summed E-state index contributed by atoms with van der Waals surface area (Å²) in [6.45, 7) is 2.02. The van der Waals surface area contributed by atoms with Crippen molar-refractivity contribution < 1.29 is 4.79 Å². The molecule has 0 saturated carbocycles. The van der Waals surface area contributed by atoms with Crippen molar-refractivity contribution in [3.63, 3.8) is 0 Å². The summed E-state index contributed by atoms with van der Waals surface area (Å²) in [7, 11) is 0. The minimum absolute atomic E-state index is 0.143. The van der Waals surface area contributed by atoms with Gasteiger partial charge in [-0.3, -0.25) is 4.79 Å². The fourth-order valence-electron chi connectivity index (χ4n) is 2.05. The Morgan fingerprint density at radius 3 is 2.36 bits per heavy atom. The molecule has 1 amide bonds. The number of aromatic nitrogens is 4. The van der Waals surface area contributed by atoms with Crippen LogP contribution >= 0.6 is 0 Å².